The fourth-order valence-electron chi connectivity index (χ4n) is 1.79. The van der Waals surface area contributed by atoms with Crippen LogP contribution in [0.3, 0.4) is 0 Å². The van der Waals surface area contributed by atoms with Crippen molar-refractivity contribution in [1.82, 2.24) is 0 Å². The Labute approximate surface area is 95.8 Å². The van der Waals surface area contributed by atoms with E-state index in [1.54, 1.807) is 0 Å². The first-order valence-corrected chi connectivity index (χ1v) is 5.13. The molecule has 17 heavy (non-hydrogen) atoms. The third-order valence-corrected chi connectivity index (χ3v) is 2.77. The lowest BCUT2D eigenvalue weighted by Gasteiger charge is -2.33. The van der Waals surface area contributed by atoms with Crippen molar-refractivity contribution < 1.29 is 13.7 Å². The van der Waals surface area contributed by atoms with E-state index in [0.717, 1.165) is 6.07 Å². The Bertz CT molecular complexity index is 461. The maximum Gasteiger partial charge on any atom is 0.307 e. The second kappa shape index (κ2) is 4.25. The van der Waals surface area contributed by atoms with Crippen molar-refractivity contribution >= 4 is 11.4 Å². The second-order valence-electron chi connectivity index (χ2n) is 4.11. The number of hydrogen-bond donors (Lipinski definition) is 2. The Hall–Kier alpha value is -1.76. The van der Waals surface area contributed by atoms with Gasteiger partial charge in [-0.3, -0.25) is 10.1 Å². The van der Waals surface area contributed by atoms with Crippen molar-refractivity contribution in [3.63, 3.8) is 0 Å². The molecule has 7 heteroatoms. The zero-order valence-corrected chi connectivity index (χ0v) is 8.82. The van der Waals surface area contributed by atoms with Gasteiger partial charge in [-0.05, 0) is 12.8 Å². The lowest BCUT2D eigenvalue weighted by Crippen LogP contribution is -2.44. The van der Waals surface area contributed by atoms with Gasteiger partial charge in [-0.1, -0.05) is 0 Å². The number of nitro groups is 1. The van der Waals surface area contributed by atoms with Crippen molar-refractivity contribution in [1.29, 1.82) is 0 Å². The zero-order valence-electron chi connectivity index (χ0n) is 8.82. The van der Waals surface area contributed by atoms with Crippen LogP contribution in [0.1, 0.15) is 12.8 Å². The van der Waals surface area contributed by atoms with Crippen LogP contribution < -0.4 is 11.1 Å². The van der Waals surface area contributed by atoms with Crippen LogP contribution in [0, 0.1) is 21.7 Å². The zero-order chi connectivity index (χ0) is 12.6. The van der Waals surface area contributed by atoms with Crippen LogP contribution >= 0.6 is 0 Å². The van der Waals surface area contributed by atoms with E-state index in [1.165, 1.54) is 0 Å². The van der Waals surface area contributed by atoms with Crippen LogP contribution in [-0.2, 0) is 0 Å². The molecule has 0 unspecified atom stereocenters. The van der Waals surface area contributed by atoms with E-state index < -0.39 is 22.2 Å². The largest absolute Gasteiger partial charge is 0.380 e. The molecule has 0 saturated heterocycles. The number of benzene rings is 1. The summed E-state index contributed by atoms with van der Waals surface area (Å²) in [6, 6.07) is 1.45. The number of nitrogens with two attached hydrogens (primary N) is 1. The number of halogens is 2. The van der Waals surface area contributed by atoms with E-state index in [4.69, 9.17) is 5.73 Å². The lowest BCUT2D eigenvalue weighted by atomic mass is 9.87. The van der Waals surface area contributed by atoms with Gasteiger partial charge in [0.05, 0.1) is 10.6 Å². The van der Waals surface area contributed by atoms with Gasteiger partial charge in [0.2, 0.25) is 5.82 Å². The molecular weight excluding hydrogens is 232 g/mol. The van der Waals surface area contributed by atoms with Crippen LogP contribution in [-0.4, -0.2) is 17.0 Å². The standard InChI is InChI=1S/C10H11F2N3O2/c11-7-3-8(12)10(15(16)17)4-9(7)14-6-1-5(13)2-6/h3-6,14H,1-2,13H2. The van der Waals surface area contributed by atoms with Crippen LogP contribution in [0.25, 0.3) is 0 Å². The average molecular weight is 243 g/mol. The number of rotatable bonds is 3. The molecule has 0 atom stereocenters. The van der Waals surface area contributed by atoms with Gasteiger partial charge in [0.15, 0.2) is 0 Å². The topological polar surface area (TPSA) is 81.2 Å². The molecule has 0 aromatic heterocycles. The summed E-state index contributed by atoms with van der Waals surface area (Å²) in [5.74, 6) is -2.02. The second-order valence-corrected chi connectivity index (χ2v) is 4.11. The third-order valence-electron chi connectivity index (χ3n) is 2.77. The first-order chi connectivity index (χ1) is 7.97. The summed E-state index contributed by atoms with van der Waals surface area (Å²) in [5.41, 5.74) is 4.76. The molecule has 1 aromatic rings. The minimum atomic E-state index is -1.18. The van der Waals surface area contributed by atoms with Crippen molar-refractivity contribution in [3.8, 4) is 0 Å². The summed E-state index contributed by atoms with van der Waals surface area (Å²) in [4.78, 5) is 9.62. The van der Waals surface area contributed by atoms with Gasteiger partial charge in [-0.2, -0.15) is 4.39 Å². The molecule has 0 aliphatic heterocycles. The Morgan fingerprint density at radius 2 is 2.00 bits per heavy atom. The van der Waals surface area contributed by atoms with Crippen LogP contribution in [0.2, 0.25) is 0 Å². The highest BCUT2D eigenvalue weighted by atomic mass is 19.1. The van der Waals surface area contributed by atoms with Gasteiger partial charge in [-0.25, -0.2) is 4.39 Å². The van der Waals surface area contributed by atoms with Crippen molar-refractivity contribution in [2.45, 2.75) is 24.9 Å². The Balaban J connectivity index is 2.21. The molecule has 92 valence electrons. The normalized spacial score (nSPS) is 23.0. The molecule has 1 saturated carbocycles. The minimum Gasteiger partial charge on any atom is -0.380 e. The average Bonchev–Trinajstić information content (AvgIpc) is 2.18. The first-order valence-electron chi connectivity index (χ1n) is 5.13. The van der Waals surface area contributed by atoms with Gasteiger partial charge >= 0.3 is 5.69 Å². The minimum absolute atomic E-state index is 0.00966. The van der Waals surface area contributed by atoms with Crippen molar-refractivity contribution in [2.75, 3.05) is 5.32 Å². The number of nitro benzene ring substituents is 1. The molecule has 1 fully saturated rings. The van der Waals surface area contributed by atoms with Gasteiger partial charge < -0.3 is 11.1 Å². The fraction of sp³-hybridized carbons (Fsp3) is 0.400. The smallest absolute Gasteiger partial charge is 0.307 e. The molecule has 1 aliphatic carbocycles. The van der Waals surface area contributed by atoms with Crippen LogP contribution in [0.4, 0.5) is 20.2 Å². The number of hydrogen-bond acceptors (Lipinski definition) is 4. The van der Waals surface area contributed by atoms with Crippen molar-refractivity contribution in [2.24, 2.45) is 5.73 Å². The summed E-state index contributed by atoms with van der Waals surface area (Å²) in [5, 5.41) is 13.3. The fourth-order valence-corrected chi connectivity index (χ4v) is 1.79. The molecule has 0 amide bonds. The highest BCUT2D eigenvalue weighted by molar-refractivity contribution is 5.54. The molecule has 0 bridgehead atoms. The molecule has 1 aromatic carbocycles. The van der Waals surface area contributed by atoms with Crippen molar-refractivity contribution in [3.05, 3.63) is 33.9 Å². The van der Waals surface area contributed by atoms with E-state index in [0.29, 0.717) is 18.9 Å². The maximum absolute atomic E-state index is 13.4. The highest BCUT2D eigenvalue weighted by Crippen LogP contribution is 2.28. The highest BCUT2D eigenvalue weighted by Gasteiger charge is 2.27. The Kier molecular flexibility index (Phi) is 2.93. The number of nitrogens with one attached hydrogen (secondary N) is 1. The van der Waals surface area contributed by atoms with Gasteiger partial charge in [-0.15, -0.1) is 0 Å². The van der Waals surface area contributed by atoms with Gasteiger partial charge in [0, 0.05) is 24.2 Å². The first kappa shape index (κ1) is 11.7. The molecule has 0 spiro atoms. The number of nitrogens with zero attached hydrogens (tertiary/aromatic N) is 1. The van der Waals surface area contributed by atoms with Crippen LogP contribution in [0.15, 0.2) is 12.1 Å². The van der Waals surface area contributed by atoms with E-state index >= 15 is 0 Å². The number of anilines is 1. The summed E-state index contributed by atoms with van der Waals surface area (Å²) in [7, 11) is 0. The SMILES string of the molecule is NC1CC(Nc2cc([N+](=O)[O-])c(F)cc2F)C1. The predicted molar refractivity (Wildman–Crippen MR) is 57.6 cm³/mol. The molecule has 1 aliphatic rings. The van der Waals surface area contributed by atoms with E-state index in [9.17, 15) is 18.9 Å². The molecule has 2 rings (SSSR count). The molecule has 0 heterocycles. The molecule has 5 nitrogen and oxygen atoms in total. The predicted octanol–water partition coefficient (Wildman–Crippen LogP) is 1.77. The summed E-state index contributed by atoms with van der Waals surface area (Å²) in [6.45, 7) is 0. The molecule has 0 radical (unpaired) electrons. The summed E-state index contributed by atoms with van der Waals surface area (Å²) < 4.78 is 26.4. The Morgan fingerprint density at radius 1 is 1.35 bits per heavy atom. The van der Waals surface area contributed by atoms with E-state index in [1.807, 2.05) is 0 Å². The third kappa shape index (κ3) is 2.33. The van der Waals surface area contributed by atoms with Gasteiger partial charge in [0.1, 0.15) is 5.82 Å². The molecule has 3 N–H and O–H groups in total. The van der Waals surface area contributed by atoms with E-state index in [2.05, 4.69) is 5.32 Å². The summed E-state index contributed by atoms with van der Waals surface area (Å²) in [6.07, 6.45) is 1.34. The van der Waals surface area contributed by atoms with Gasteiger partial charge in [0.25, 0.3) is 0 Å². The van der Waals surface area contributed by atoms with Crippen LogP contribution in [0.5, 0.6) is 0 Å². The summed E-state index contributed by atoms with van der Waals surface area (Å²) >= 11 is 0. The maximum atomic E-state index is 13.4. The molecular formula is C10H11F2N3O2. The monoisotopic (exact) mass is 243 g/mol. The lowest BCUT2D eigenvalue weighted by molar-refractivity contribution is -0.387. The quantitative estimate of drug-likeness (QED) is 0.626. The van der Waals surface area contributed by atoms with E-state index in [-0.39, 0.29) is 17.8 Å². The Morgan fingerprint density at radius 3 is 2.53 bits per heavy atom.